The quantitative estimate of drug-likeness (QED) is 0.458. The molecule has 1 unspecified atom stereocenters. The molecule has 0 N–H and O–H groups in total. The van der Waals surface area contributed by atoms with Gasteiger partial charge in [-0.1, -0.05) is 30.0 Å². The van der Waals surface area contributed by atoms with Gasteiger partial charge in [0.25, 0.3) is 11.8 Å². The van der Waals surface area contributed by atoms with Gasteiger partial charge in [-0.15, -0.1) is 0 Å². The van der Waals surface area contributed by atoms with Crippen molar-refractivity contribution in [3.05, 3.63) is 35.4 Å². The van der Waals surface area contributed by atoms with E-state index in [0.29, 0.717) is 17.9 Å². The minimum absolute atomic E-state index is 0.171. The summed E-state index contributed by atoms with van der Waals surface area (Å²) in [7, 11) is 0. The number of ether oxygens (including phenoxy) is 1. The second-order valence-electron chi connectivity index (χ2n) is 7.92. The van der Waals surface area contributed by atoms with Crippen molar-refractivity contribution in [2.45, 2.75) is 52.1 Å². The molecule has 1 atom stereocenters. The van der Waals surface area contributed by atoms with E-state index in [9.17, 15) is 19.2 Å². The largest absolute Gasteiger partial charge is 0.459 e. The van der Waals surface area contributed by atoms with Crippen LogP contribution in [-0.2, 0) is 19.2 Å². The Morgan fingerprint density at radius 1 is 1.00 bits per heavy atom. The molecule has 27 heavy (non-hydrogen) atoms. The van der Waals surface area contributed by atoms with Crippen molar-refractivity contribution in [2.24, 2.45) is 11.8 Å². The number of imide groups is 1. The van der Waals surface area contributed by atoms with E-state index in [0.717, 1.165) is 12.8 Å². The number of hydrogen-bond donors (Lipinski definition) is 0. The maximum absolute atomic E-state index is 12.8. The number of carbonyl (C=O) groups is 4. The fourth-order valence-electron chi connectivity index (χ4n) is 3.53. The van der Waals surface area contributed by atoms with Crippen LogP contribution in [0.4, 0.5) is 0 Å². The maximum atomic E-state index is 12.8. The molecule has 3 rings (SSSR count). The molecule has 2 amide bonds. The molecule has 1 aliphatic carbocycles. The Kier molecular flexibility index (Phi) is 5.04. The van der Waals surface area contributed by atoms with Crippen LogP contribution in [0.5, 0.6) is 0 Å². The van der Waals surface area contributed by atoms with Crippen LogP contribution in [-0.4, -0.2) is 34.4 Å². The lowest BCUT2D eigenvalue weighted by atomic mass is 9.91. The zero-order chi connectivity index (χ0) is 19.8. The average Bonchev–Trinajstić information content (AvgIpc) is 3.17. The Labute approximate surface area is 157 Å². The molecular weight excluding hydrogens is 350 g/mol. The minimum atomic E-state index is -1.16. The van der Waals surface area contributed by atoms with Crippen molar-refractivity contribution in [3.8, 4) is 0 Å². The van der Waals surface area contributed by atoms with Gasteiger partial charge >= 0.3 is 11.9 Å². The van der Waals surface area contributed by atoms with Gasteiger partial charge in [0.1, 0.15) is 5.60 Å². The van der Waals surface area contributed by atoms with Gasteiger partial charge in [0.15, 0.2) is 5.92 Å². The fourth-order valence-corrected chi connectivity index (χ4v) is 3.53. The number of rotatable bonds is 4. The van der Waals surface area contributed by atoms with Gasteiger partial charge in [-0.2, -0.15) is 0 Å². The van der Waals surface area contributed by atoms with Crippen LogP contribution in [0.3, 0.4) is 0 Å². The second-order valence-corrected chi connectivity index (χ2v) is 7.92. The standard InChI is InChI=1S/C20H23NO6/c1-20(2,3)26-18(24)15(12-8-4-5-9-12)19(25)27-21-16(22)13-10-6-7-11-14(13)17(21)23/h6-7,10-12,15H,4-5,8-9H2,1-3H3. The summed E-state index contributed by atoms with van der Waals surface area (Å²) in [5.41, 5.74) is -0.418. The lowest BCUT2D eigenvalue weighted by Gasteiger charge is -2.26. The summed E-state index contributed by atoms with van der Waals surface area (Å²) in [6, 6.07) is 6.23. The van der Waals surface area contributed by atoms with Crippen LogP contribution < -0.4 is 0 Å². The Hall–Kier alpha value is -2.70. The van der Waals surface area contributed by atoms with Gasteiger partial charge in [0.2, 0.25) is 0 Å². The Bertz CT molecular complexity index is 753. The van der Waals surface area contributed by atoms with Gasteiger partial charge in [0, 0.05) is 0 Å². The molecule has 144 valence electrons. The van der Waals surface area contributed by atoms with Crippen LogP contribution in [0.2, 0.25) is 0 Å². The van der Waals surface area contributed by atoms with Gasteiger partial charge in [-0.25, -0.2) is 4.79 Å². The van der Waals surface area contributed by atoms with Gasteiger partial charge in [-0.05, 0) is 51.7 Å². The summed E-state index contributed by atoms with van der Waals surface area (Å²) in [5, 5.41) is 0.444. The fraction of sp³-hybridized carbons (Fsp3) is 0.500. The van der Waals surface area contributed by atoms with Crippen molar-refractivity contribution in [1.82, 2.24) is 5.06 Å². The predicted molar refractivity (Wildman–Crippen MR) is 94.3 cm³/mol. The van der Waals surface area contributed by atoms with E-state index in [2.05, 4.69) is 0 Å². The SMILES string of the molecule is CC(C)(C)OC(=O)C(C(=O)ON1C(=O)c2ccccc2C1=O)C1CCCC1. The van der Waals surface area contributed by atoms with E-state index in [1.54, 1.807) is 32.9 Å². The van der Waals surface area contributed by atoms with Gasteiger partial charge in [-0.3, -0.25) is 14.4 Å². The van der Waals surface area contributed by atoms with Crippen LogP contribution in [0.15, 0.2) is 24.3 Å². The summed E-state index contributed by atoms with van der Waals surface area (Å²) in [6.07, 6.45) is 3.21. The van der Waals surface area contributed by atoms with Crippen LogP contribution in [0, 0.1) is 11.8 Å². The molecule has 1 saturated carbocycles. The van der Waals surface area contributed by atoms with E-state index in [-0.39, 0.29) is 17.0 Å². The third-order valence-corrected chi connectivity index (χ3v) is 4.72. The number of hydrogen-bond acceptors (Lipinski definition) is 6. The molecule has 1 heterocycles. The molecule has 2 aliphatic rings. The highest BCUT2D eigenvalue weighted by molar-refractivity contribution is 6.21. The molecule has 0 aromatic heterocycles. The van der Waals surface area contributed by atoms with E-state index >= 15 is 0 Å². The third-order valence-electron chi connectivity index (χ3n) is 4.72. The topological polar surface area (TPSA) is 90.0 Å². The molecule has 1 aromatic rings. The molecule has 1 fully saturated rings. The molecule has 0 radical (unpaired) electrons. The molecule has 7 heteroatoms. The highest BCUT2D eigenvalue weighted by Gasteiger charge is 2.45. The highest BCUT2D eigenvalue weighted by atomic mass is 16.7. The molecule has 0 spiro atoms. The maximum Gasteiger partial charge on any atom is 0.347 e. The predicted octanol–water partition coefficient (Wildman–Crippen LogP) is 2.89. The van der Waals surface area contributed by atoms with Gasteiger partial charge < -0.3 is 9.57 Å². The number of carbonyl (C=O) groups excluding carboxylic acids is 4. The zero-order valence-electron chi connectivity index (χ0n) is 15.7. The molecule has 0 bridgehead atoms. The normalized spacial score (nSPS) is 18.4. The Morgan fingerprint density at radius 3 is 2.00 bits per heavy atom. The molecule has 1 aromatic carbocycles. The lowest BCUT2D eigenvalue weighted by molar-refractivity contribution is -0.186. The third kappa shape index (κ3) is 3.86. The first-order valence-corrected chi connectivity index (χ1v) is 9.11. The summed E-state index contributed by atoms with van der Waals surface area (Å²) in [4.78, 5) is 55.3. The van der Waals surface area contributed by atoms with E-state index in [1.807, 2.05) is 0 Å². The van der Waals surface area contributed by atoms with E-state index < -0.39 is 35.3 Å². The molecule has 0 saturated heterocycles. The molecular formula is C20H23NO6. The number of nitrogens with zero attached hydrogens (tertiary/aromatic N) is 1. The number of hydroxylamine groups is 2. The summed E-state index contributed by atoms with van der Waals surface area (Å²) in [5.74, 6) is -4.41. The first-order valence-electron chi connectivity index (χ1n) is 9.11. The first-order chi connectivity index (χ1) is 12.7. The summed E-state index contributed by atoms with van der Waals surface area (Å²) < 4.78 is 5.39. The van der Waals surface area contributed by atoms with Crippen LogP contribution in [0.25, 0.3) is 0 Å². The monoisotopic (exact) mass is 373 g/mol. The Morgan fingerprint density at radius 2 is 1.52 bits per heavy atom. The van der Waals surface area contributed by atoms with Crippen molar-refractivity contribution in [1.29, 1.82) is 0 Å². The number of benzene rings is 1. The van der Waals surface area contributed by atoms with Crippen LogP contribution in [0.1, 0.15) is 67.2 Å². The van der Waals surface area contributed by atoms with Crippen molar-refractivity contribution < 1.29 is 28.8 Å². The van der Waals surface area contributed by atoms with E-state index in [1.165, 1.54) is 12.1 Å². The summed E-state index contributed by atoms with van der Waals surface area (Å²) in [6.45, 7) is 5.14. The average molecular weight is 373 g/mol. The summed E-state index contributed by atoms with van der Waals surface area (Å²) >= 11 is 0. The zero-order valence-corrected chi connectivity index (χ0v) is 15.7. The lowest BCUT2D eigenvalue weighted by Crippen LogP contribution is -2.42. The van der Waals surface area contributed by atoms with E-state index in [4.69, 9.17) is 9.57 Å². The highest BCUT2D eigenvalue weighted by Crippen LogP contribution is 2.34. The van der Waals surface area contributed by atoms with Crippen molar-refractivity contribution >= 4 is 23.8 Å². The number of esters is 1. The molecule has 7 nitrogen and oxygen atoms in total. The minimum Gasteiger partial charge on any atom is -0.459 e. The first kappa shape index (κ1) is 19.1. The smallest absolute Gasteiger partial charge is 0.347 e. The Balaban J connectivity index is 1.80. The molecule has 1 aliphatic heterocycles. The van der Waals surface area contributed by atoms with Crippen molar-refractivity contribution in [2.75, 3.05) is 0 Å². The second kappa shape index (κ2) is 7.13. The van der Waals surface area contributed by atoms with Crippen LogP contribution >= 0.6 is 0 Å². The number of amides is 2. The van der Waals surface area contributed by atoms with Crippen molar-refractivity contribution in [3.63, 3.8) is 0 Å². The number of fused-ring (bicyclic) bond motifs is 1. The van der Waals surface area contributed by atoms with Gasteiger partial charge in [0.05, 0.1) is 11.1 Å².